The van der Waals surface area contributed by atoms with E-state index in [4.69, 9.17) is 23.2 Å². The number of thioether (sulfide) groups is 1. The van der Waals surface area contributed by atoms with E-state index in [0.29, 0.717) is 15.8 Å². The molecule has 0 atom stereocenters. The first-order valence-corrected chi connectivity index (χ1v) is 8.05. The Morgan fingerprint density at radius 2 is 1.90 bits per heavy atom. The summed E-state index contributed by atoms with van der Waals surface area (Å²) >= 11 is 13.5. The number of rotatable bonds is 3. The van der Waals surface area contributed by atoms with Gasteiger partial charge in [-0.05, 0) is 37.6 Å². The Bertz CT molecular complexity index is 816. The minimum absolute atomic E-state index is 0.564. The number of halogens is 2. The van der Waals surface area contributed by atoms with Crippen molar-refractivity contribution < 1.29 is 0 Å². The molecule has 0 radical (unpaired) electrons. The molecule has 21 heavy (non-hydrogen) atoms. The van der Waals surface area contributed by atoms with Crippen LogP contribution in [-0.2, 0) is 5.75 Å². The fourth-order valence-corrected chi connectivity index (χ4v) is 3.32. The van der Waals surface area contributed by atoms with Gasteiger partial charge in [-0.15, -0.1) is 10.2 Å². The van der Waals surface area contributed by atoms with Gasteiger partial charge in [0.2, 0.25) is 0 Å². The largest absolute Gasteiger partial charge is 0.259 e. The van der Waals surface area contributed by atoms with Crippen molar-refractivity contribution in [3.63, 3.8) is 0 Å². The van der Waals surface area contributed by atoms with E-state index < -0.39 is 0 Å². The minimum atomic E-state index is 0.564. The molecule has 108 valence electrons. The van der Waals surface area contributed by atoms with Crippen LogP contribution in [0.15, 0.2) is 29.4 Å². The van der Waals surface area contributed by atoms with E-state index in [1.54, 1.807) is 17.8 Å². The summed E-state index contributed by atoms with van der Waals surface area (Å²) in [5.41, 5.74) is 3.09. The number of nitrogens with zero attached hydrogens (tertiary/aromatic N) is 4. The van der Waals surface area contributed by atoms with Gasteiger partial charge in [0.25, 0.3) is 5.78 Å². The Labute approximate surface area is 136 Å². The summed E-state index contributed by atoms with van der Waals surface area (Å²) in [5.74, 6) is 1.37. The number of hydrogen-bond donors (Lipinski definition) is 0. The highest BCUT2D eigenvalue weighted by molar-refractivity contribution is 7.98. The second-order valence-corrected chi connectivity index (χ2v) is 6.45. The van der Waals surface area contributed by atoms with Crippen molar-refractivity contribution in [2.24, 2.45) is 0 Å². The summed E-state index contributed by atoms with van der Waals surface area (Å²) in [6, 6.07) is 7.65. The Morgan fingerprint density at radius 3 is 2.67 bits per heavy atom. The van der Waals surface area contributed by atoms with E-state index in [2.05, 4.69) is 15.2 Å². The van der Waals surface area contributed by atoms with Crippen molar-refractivity contribution in [1.29, 1.82) is 0 Å². The average molecular weight is 339 g/mol. The number of aromatic nitrogens is 4. The molecule has 3 rings (SSSR count). The van der Waals surface area contributed by atoms with Crippen LogP contribution in [0.2, 0.25) is 10.0 Å². The lowest BCUT2D eigenvalue weighted by atomic mass is 10.2. The van der Waals surface area contributed by atoms with Crippen molar-refractivity contribution in [3.8, 4) is 0 Å². The number of hydrogen-bond acceptors (Lipinski definition) is 4. The van der Waals surface area contributed by atoms with E-state index in [-0.39, 0.29) is 0 Å². The molecule has 0 spiro atoms. The highest BCUT2D eigenvalue weighted by Crippen LogP contribution is 2.27. The molecule has 0 fully saturated rings. The van der Waals surface area contributed by atoms with Crippen LogP contribution < -0.4 is 0 Å². The summed E-state index contributed by atoms with van der Waals surface area (Å²) in [6.07, 6.45) is 0. The monoisotopic (exact) mass is 338 g/mol. The predicted octanol–water partition coefficient (Wildman–Crippen LogP) is 4.34. The highest BCUT2D eigenvalue weighted by Gasteiger charge is 2.10. The maximum absolute atomic E-state index is 6.03. The van der Waals surface area contributed by atoms with Gasteiger partial charge in [0, 0.05) is 17.1 Å². The molecule has 7 heteroatoms. The molecule has 2 aromatic heterocycles. The first-order chi connectivity index (χ1) is 10.0. The van der Waals surface area contributed by atoms with Gasteiger partial charge in [0.05, 0.1) is 10.0 Å². The second-order valence-electron chi connectivity index (χ2n) is 4.69. The van der Waals surface area contributed by atoms with E-state index in [9.17, 15) is 0 Å². The Kier molecular flexibility index (Phi) is 4.06. The molecule has 3 aromatic rings. The zero-order valence-electron chi connectivity index (χ0n) is 11.5. The average Bonchev–Trinajstić information content (AvgIpc) is 2.83. The number of aryl methyl sites for hydroxylation is 2. The number of fused-ring (bicyclic) bond motifs is 1. The van der Waals surface area contributed by atoms with Crippen molar-refractivity contribution in [3.05, 3.63) is 51.3 Å². The molecule has 1 aromatic carbocycles. The third kappa shape index (κ3) is 3.00. The third-order valence-corrected chi connectivity index (χ3v) is 4.75. The summed E-state index contributed by atoms with van der Waals surface area (Å²) < 4.78 is 1.95. The Morgan fingerprint density at radius 1 is 1.10 bits per heavy atom. The second kappa shape index (κ2) is 5.83. The third-order valence-electron chi connectivity index (χ3n) is 3.02. The van der Waals surface area contributed by atoms with Gasteiger partial charge < -0.3 is 0 Å². The zero-order valence-corrected chi connectivity index (χ0v) is 13.8. The van der Waals surface area contributed by atoms with Crippen LogP contribution in [0, 0.1) is 13.8 Å². The Balaban J connectivity index is 1.87. The maximum atomic E-state index is 6.03. The van der Waals surface area contributed by atoms with Gasteiger partial charge in [-0.3, -0.25) is 4.40 Å². The molecule has 0 aliphatic carbocycles. The van der Waals surface area contributed by atoms with E-state index in [1.165, 1.54) is 0 Å². The van der Waals surface area contributed by atoms with Gasteiger partial charge in [-0.1, -0.05) is 41.0 Å². The quantitative estimate of drug-likeness (QED) is 0.666. The van der Waals surface area contributed by atoms with Gasteiger partial charge in [-0.25, -0.2) is 4.98 Å². The molecular weight excluding hydrogens is 327 g/mol. The first kappa shape index (κ1) is 14.6. The molecule has 2 heterocycles. The highest BCUT2D eigenvalue weighted by atomic mass is 35.5. The molecule has 4 nitrogen and oxygen atoms in total. The van der Waals surface area contributed by atoms with Crippen molar-refractivity contribution in [2.75, 3.05) is 0 Å². The topological polar surface area (TPSA) is 43.1 Å². The molecule has 0 amide bonds. The summed E-state index contributed by atoms with van der Waals surface area (Å²) in [5, 5.41) is 10.3. The van der Waals surface area contributed by atoms with E-state index in [1.807, 2.05) is 36.4 Å². The van der Waals surface area contributed by atoms with Crippen LogP contribution in [0.4, 0.5) is 0 Å². The molecule has 0 saturated carbocycles. The van der Waals surface area contributed by atoms with Crippen molar-refractivity contribution in [2.45, 2.75) is 24.8 Å². The van der Waals surface area contributed by atoms with Crippen LogP contribution in [0.3, 0.4) is 0 Å². The molecule has 0 unspecified atom stereocenters. The molecule has 0 N–H and O–H groups in total. The SMILES string of the molecule is Cc1cc(C)n2c(SCc3ccc(Cl)c(Cl)c3)nnc2n1. The lowest BCUT2D eigenvalue weighted by molar-refractivity contribution is 0.886. The lowest BCUT2D eigenvalue weighted by Crippen LogP contribution is -1.97. The van der Waals surface area contributed by atoms with E-state index >= 15 is 0 Å². The Hall–Kier alpha value is -1.30. The standard InChI is InChI=1S/C14H12Cl2N4S/c1-8-5-9(2)20-13(17-8)18-19-14(20)21-7-10-3-4-11(15)12(16)6-10/h3-6H,7H2,1-2H3. The predicted molar refractivity (Wildman–Crippen MR) is 86.3 cm³/mol. The van der Waals surface area contributed by atoms with Crippen LogP contribution in [0.25, 0.3) is 5.78 Å². The fraction of sp³-hybridized carbons (Fsp3) is 0.214. The zero-order chi connectivity index (χ0) is 15.0. The van der Waals surface area contributed by atoms with Crippen molar-refractivity contribution in [1.82, 2.24) is 19.6 Å². The first-order valence-electron chi connectivity index (χ1n) is 6.30. The minimum Gasteiger partial charge on any atom is -0.259 e. The van der Waals surface area contributed by atoms with Gasteiger partial charge >= 0.3 is 0 Å². The summed E-state index contributed by atoms with van der Waals surface area (Å²) in [7, 11) is 0. The normalized spacial score (nSPS) is 11.2. The van der Waals surface area contributed by atoms with Crippen molar-refractivity contribution >= 4 is 40.7 Å². The van der Waals surface area contributed by atoms with Crippen LogP contribution in [0.1, 0.15) is 17.0 Å². The van der Waals surface area contributed by atoms with Crippen LogP contribution in [0.5, 0.6) is 0 Å². The molecule has 0 bridgehead atoms. The molecular formula is C14H12Cl2N4S. The molecule has 0 aliphatic rings. The fourth-order valence-electron chi connectivity index (χ4n) is 2.07. The number of benzene rings is 1. The molecule has 0 saturated heterocycles. The van der Waals surface area contributed by atoms with Gasteiger partial charge in [-0.2, -0.15) is 0 Å². The summed E-state index contributed by atoms with van der Waals surface area (Å²) in [6.45, 7) is 3.97. The summed E-state index contributed by atoms with van der Waals surface area (Å²) in [4.78, 5) is 4.38. The van der Waals surface area contributed by atoms with E-state index in [0.717, 1.165) is 27.9 Å². The van der Waals surface area contributed by atoms with Gasteiger partial charge in [0.1, 0.15) is 0 Å². The molecule has 0 aliphatic heterocycles. The smallest absolute Gasteiger partial charge is 0.256 e. The lowest BCUT2D eigenvalue weighted by Gasteiger charge is -2.05. The van der Waals surface area contributed by atoms with Crippen LogP contribution >= 0.6 is 35.0 Å². The van der Waals surface area contributed by atoms with Crippen LogP contribution in [-0.4, -0.2) is 19.6 Å². The maximum Gasteiger partial charge on any atom is 0.256 e. The van der Waals surface area contributed by atoms with Gasteiger partial charge in [0.15, 0.2) is 5.16 Å².